The minimum atomic E-state index is 0.731. The van der Waals surface area contributed by atoms with Crippen LogP contribution in [0.1, 0.15) is 12.8 Å². The number of anilines is 1. The number of imidazole rings is 1. The normalized spacial score (nSPS) is 17.6. The first kappa shape index (κ1) is 12.5. The van der Waals surface area contributed by atoms with Crippen LogP contribution in [0.15, 0.2) is 24.5 Å². The monoisotopic (exact) mass is 258 g/mol. The van der Waals surface area contributed by atoms with Crippen molar-refractivity contribution in [1.82, 2.24) is 14.5 Å². The largest absolute Gasteiger partial charge is 0.371 e. The van der Waals surface area contributed by atoms with E-state index < -0.39 is 0 Å². The van der Waals surface area contributed by atoms with E-state index in [2.05, 4.69) is 51.6 Å². The van der Waals surface area contributed by atoms with E-state index in [1.165, 1.54) is 24.0 Å². The minimum Gasteiger partial charge on any atom is -0.371 e. The Morgan fingerprint density at radius 2 is 1.95 bits per heavy atom. The van der Waals surface area contributed by atoms with Crippen molar-refractivity contribution in [2.75, 3.05) is 32.1 Å². The van der Waals surface area contributed by atoms with Crippen molar-refractivity contribution in [2.45, 2.75) is 18.9 Å². The zero-order chi connectivity index (χ0) is 13.4. The van der Waals surface area contributed by atoms with Gasteiger partial charge in [0.05, 0.1) is 17.4 Å². The first-order valence-corrected chi connectivity index (χ1v) is 6.97. The zero-order valence-electron chi connectivity index (χ0n) is 12.0. The van der Waals surface area contributed by atoms with Crippen molar-refractivity contribution in [3.05, 3.63) is 24.5 Å². The number of nitrogens with zero attached hydrogens (tertiary/aromatic N) is 4. The lowest BCUT2D eigenvalue weighted by Crippen LogP contribution is -2.41. The maximum absolute atomic E-state index is 4.44. The molecule has 0 bridgehead atoms. The van der Waals surface area contributed by atoms with Crippen LogP contribution in [0, 0.1) is 0 Å². The quantitative estimate of drug-likeness (QED) is 0.824. The molecule has 2 aromatic rings. The summed E-state index contributed by atoms with van der Waals surface area (Å²) < 4.78 is 2.07. The molecule has 1 aliphatic heterocycles. The molecule has 0 radical (unpaired) electrons. The van der Waals surface area contributed by atoms with E-state index in [1.54, 1.807) is 0 Å². The van der Waals surface area contributed by atoms with Gasteiger partial charge in [0.15, 0.2) is 0 Å². The number of hydrogen-bond acceptors (Lipinski definition) is 3. The molecular weight excluding hydrogens is 236 g/mol. The number of benzene rings is 1. The van der Waals surface area contributed by atoms with Crippen molar-refractivity contribution in [2.24, 2.45) is 7.05 Å². The Morgan fingerprint density at radius 3 is 2.63 bits per heavy atom. The van der Waals surface area contributed by atoms with Crippen molar-refractivity contribution < 1.29 is 0 Å². The van der Waals surface area contributed by atoms with Crippen LogP contribution in [-0.2, 0) is 7.05 Å². The second-order valence-electron chi connectivity index (χ2n) is 5.71. The summed E-state index contributed by atoms with van der Waals surface area (Å²) in [6, 6.07) is 7.34. The van der Waals surface area contributed by atoms with E-state index in [0.29, 0.717) is 0 Å². The molecule has 19 heavy (non-hydrogen) atoms. The summed E-state index contributed by atoms with van der Waals surface area (Å²) in [7, 11) is 6.40. The summed E-state index contributed by atoms with van der Waals surface area (Å²) in [4.78, 5) is 9.27. The smallest absolute Gasteiger partial charge is 0.0955 e. The highest BCUT2D eigenvalue weighted by Crippen LogP contribution is 2.24. The van der Waals surface area contributed by atoms with Gasteiger partial charge in [0.2, 0.25) is 0 Å². The number of aromatic nitrogens is 2. The van der Waals surface area contributed by atoms with Crippen molar-refractivity contribution in [1.29, 1.82) is 0 Å². The Labute approximate surface area is 114 Å². The van der Waals surface area contributed by atoms with Gasteiger partial charge in [-0.05, 0) is 45.1 Å². The van der Waals surface area contributed by atoms with Gasteiger partial charge >= 0.3 is 0 Å². The first-order chi connectivity index (χ1) is 9.15. The van der Waals surface area contributed by atoms with E-state index in [0.717, 1.165) is 24.6 Å². The van der Waals surface area contributed by atoms with Gasteiger partial charge in [-0.2, -0.15) is 0 Å². The number of rotatable bonds is 2. The van der Waals surface area contributed by atoms with Gasteiger partial charge in [0.25, 0.3) is 0 Å². The zero-order valence-corrected chi connectivity index (χ0v) is 12.0. The average Bonchev–Trinajstić information content (AvgIpc) is 2.80. The summed E-state index contributed by atoms with van der Waals surface area (Å²) in [5.74, 6) is 0. The SMILES string of the molecule is CN(C)C1CCN(c2ccc3c(c2)ncn3C)CC1. The summed E-state index contributed by atoms with van der Waals surface area (Å²) in [6.45, 7) is 2.28. The van der Waals surface area contributed by atoms with Crippen molar-refractivity contribution in [3.8, 4) is 0 Å². The van der Waals surface area contributed by atoms with Crippen LogP contribution in [0.2, 0.25) is 0 Å². The molecule has 0 atom stereocenters. The van der Waals surface area contributed by atoms with Gasteiger partial charge in [-0.1, -0.05) is 0 Å². The molecule has 3 rings (SSSR count). The maximum Gasteiger partial charge on any atom is 0.0955 e. The Hall–Kier alpha value is -1.55. The van der Waals surface area contributed by atoms with E-state index in [9.17, 15) is 0 Å². The van der Waals surface area contributed by atoms with Crippen LogP contribution in [-0.4, -0.2) is 47.7 Å². The molecule has 4 heteroatoms. The fourth-order valence-corrected chi connectivity index (χ4v) is 2.96. The maximum atomic E-state index is 4.44. The fraction of sp³-hybridized carbons (Fsp3) is 0.533. The standard InChI is InChI=1S/C15H22N4/c1-17(2)12-6-8-19(9-7-12)13-4-5-15-14(10-13)16-11-18(15)3/h4-5,10-12H,6-9H2,1-3H3. The topological polar surface area (TPSA) is 24.3 Å². The lowest BCUT2D eigenvalue weighted by molar-refractivity contribution is 0.249. The predicted octanol–water partition coefficient (Wildman–Crippen LogP) is 2.10. The van der Waals surface area contributed by atoms with E-state index in [-0.39, 0.29) is 0 Å². The molecule has 0 N–H and O–H groups in total. The van der Waals surface area contributed by atoms with E-state index in [1.807, 2.05) is 13.4 Å². The second kappa shape index (κ2) is 4.85. The third-order valence-corrected chi connectivity index (χ3v) is 4.27. The lowest BCUT2D eigenvalue weighted by atomic mass is 10.0. The number of aryl methyl sites for hydroxylation is 1. The molecule has 1 aromatic heterocycles. The average molecular weight is 258 g/mol. The Balaban J connectivity index is 1.78. The molecule has 0 saturated carbocycles. The van der Waals surface area contributed by atoms with Gasteiger partial charge < -0.3 is 14.4 Å². The third-order valence-electron chi connectivity index (χ3n) is 4.27. The number of piperidine rings is 1. The molecule has 102 valence electrons. The number of hydrogen-bond donors (Lipinski definition) is 0. The van der Waals surface area contributed by atoms with Crippen LogP contribution in [0.25, 0.3) is 11.0 Å². The summed E-state index contributed by atoms with van der Waals surface area (Å²) in [5, 5.41) is 0. The van der Waals surface area contributed by atoms with E-state index >= 15 is 0 Å². The molecule has 0 amide bonds. The molecule has 0 spiro atoms. The lowest BCUT2D eigenvalue weighted by Gasteiger charge is -2.36. The summed E-state index contributed by atoms with van der Waals surface area (Å²) >= 11 is 0. The molecule has 1 saturated heterocycles. The molecule has 1 aromatic carbocycles. The highest BCUT2D eigenvalue weighted by Gasteiger charge is 2.20. The highest BCUT2D eigenvalue weighted by molar-refractivity contribution is 5.79. The van der Waals surface area contributed by atoms with Crippen LogP contribution >= 0.6 is 0 Å². The van der Waals surface area contributed by atoms with Gasteiger partial charge in [0.1, 0.15) is 0 Å². The molecule has 0 aliphatic carbocycles. The molecule has 1 aliphatic rings. The third kappa shape index (κ3) is 2.32. The Kier molecular flexibility index (Phi) is 3.19. The van der Waals surface area contributed by atoms with Gasteiger partial charge in [-0.3, -0.25) is 0 Å². The molecule has 4 nitrogen and oxygen atoms in total. The van der Waals surface area contributed by atoms with Crippen LogP contribution in [0.5, 0.6) is 0 Å². The summed E-state index contributed by atoms with van der Waals surface area (Å²) in [5.41, 5.74) is 3.60. The van der Waals surface area contributed by atoms with E-state index in [4.69, 9.17) is 0 Å². The first-order valence-electron chi connectivity index (χ1n) is 6.97. The summed E-state index contributed by atoms with van der Waals surface area (Å²) in [6.07, 6.45) is 4.37. The highest BCUT2D eigenvalue weighted by atomic mass is 15.2. The van der Waals surface area contributed by atoms with Crippen LogP contribution < -0.4 is 4.90 Å². The van der Waals surface area contributed by atoms with Gasteiger partial charge in [0, 0.05) is 31.9 Å². The fourth-order valence-electron chi connectivity index (χ4n) is 2.96. The minimum absolute atomic E-state index is 0.731. The van der Waals surface area contributed by atoms with Crippen LogP contribution in [0.3, 0.4) is 0 Å². The van der Waals surface area contributed by atoms with Crippen molar-refractivity contribution >= 4 is 16.7 Å². The van der Waals surface area contributed by atoms with Gasteiger partial charge in [-0.25, -0.2) is 4.98 Å². The van der Waals surface area contributed by atoms with Gasteiger partial charge in [-0.15, -0.1) is 0 Å². The molecular formula is C15H22N4. The Bertz CT molecular complexity index is 565. The molecule has 1 fully saturated rings. The number of fused-ring (bicyclic) bond motifs is 1. The van der Waals surface area contributed by atoms with Crippen molar-refractivity contribution in [3.63, 3.8) is 0 Å². The Morgan fingerprint density at radius 1 is 1.21 bits per heavy atom. The second-order valence-corrected chi connectivity index (χ2v) is 5.71. The molecule has 0 unspecified atom stereocenters. The predicted molar refractivity (Wildman–Crippen MR) is 79.6 cm³/mol. The molecule has 2 heterocycles. The van der Waals surface area contributed by atoms with Crippen LogP contribution in [0.4, 0.5) is 5.69 Å².